The highest BCUT2D eigenvalue weighted by molar-refractivity contribution is 7.92. The number of hydrogen-bond donors (Lipinski definition) is 1. The number of carbonyl (C=O) groups excluding carboxylic acids is 1. The maximum Gasteiger partial charge on any atom is 0.321 e. The van der Waals surface area contributed by atoms with E-state index in [9.17, 15) is 13.2 Å². The molecular weight excluding hydrogens is 368 g/mol. The van der Waals surface area contributed by atoms with Gasteiger partial charge in [0.25, 0.3) is 0 Å². The second-order valence-electron chi connectivity index (χ2n) is 6.19. The number of hydrogen-bond acceptors (Lipinski definition) is 5. The molecule has 1 heterocycles. The Bertz CT molecular complexity index is 915. The van der Waals surface area contributed by atoms with Gasteiger partial charge < -0.3 is 19.7 Å². The molecule has 8 heteroatoms. The smallest absolute Gasteiger partial charge is 0.321 e. The molecule has 1 aliphatic rings. The van der Waals surface area contributed by atoms with Crippen LogP contribution < -0.4 is 14.8 Å². The fraction of sp³-hybridized carbons (Fsp3) is 0.316. The van der Waals surface area contributed by atoms with Crippen molar-refractivity contribution < 1.29 is 22.7 Å². The third kappa shape index (κ3) is 3.85. The Morgan fingerprint density at radius 2 is 1.81 bits per heavy atom. The van der Waals surface area contributed by atoms with Crippen LogP contribution in [0.25, 0.3) is 0 Å². The zero-order valence-corrected chi connectivity index (χ0v) is 16.0. The summed E-state index contributed by atoms with van der Waals surface area (Å²) in [5, 5.41) is 2.16. The number of urea groups is 1. The van der Waals surface area contributed by atoms with E-state index < -0.39 is 15.1 Å². The third-order valence-corrected chi connectivity index (χ3v) is 6.78. The minimum Gasteiger partial charge on any atom is -0.493 e. The molecule has 0 aliphatic carbocycles. The summed E-state index contributed by atoms with van der Waals surface area (Å²) in [5.41, 5.74) is 0.469. The zero-order valence-electron chi connectivity index (χ0n) is 15.2. The maximum atomic E-state index is 12.7. The minimum atomic E-state index is -3.47. The van der Waals surface area contributed by atoms with Crippen LogP contribution in [0.5, 0.6) is 11.5 Å². The molecule has 2 aromatic rings. The van der Waals surface area contributed by atoms with Crippen LogP contribution in [-0.4, -0.2) is 51.9 Å². The van der Waals surface area contributed by atoms with Gasteiger partial charge in [0.2, 0.25) is 0 Å². The van der Waals surface area contributed by atoms with Crippen molar-refractivity contribution in [3.8, 4) is 11.5 Å². The van der Waals surface area contributed by atoms with Gasteiger partial charge in [0, 0.05) is 13.1 Å². The Balaban J connectivity index is 1.72. The molecule has 2 aromatic carbocycles. The summed E-state index contributed by atoms with van der Waals surface area (Å²) >= 11 is 0. The van der Waals surface area contributed by atoms with Crippen molar-refractivity contribution in [2.45, 2.75) is 16.6 Å². The van der Waals surface area contributed by atoms with Gasteiger partial charge in [0.15, 0.2) is 21.3 Å². The van der Waals surface area contributed by atoms with Crippen LogP contribution in [0.2, 0.25) is 0 Å². The van der Waals surface area contributed by atoms with E-state index in [1.807, 2.05) is 0 Å². The minimum absolute atomic E-state index is 0.148. The largest absolute Gasteiger partial charge is 0.493 e. The standard InChI is InChI=1S/C19H22N2O5S/c1-25-17-10-6-9-16(18(17)26-2)20-19(22)21-12-11-15(13-21)27(23,24)14-7-4-3-5-8-14/h3-10,15H,11-13H2,1-2H3,(H,20,22). The summed E-state index contributed by atoms with van der Waals surface area (Å²) in [7, 11) is -0.459. The molecule has 1 saturated heterocycles. The number of carbonyl (C=O) groups is 1. The van der Waals surface area contributed by atoms with Crippen molar-refractivity contribution >= 4 is 21.6 Å². The molecule has 0 radical (unpaired) electrons. The van der Waals surface area contributed by atoms with Gasteiger partial charge in [-0.2, -0.15) is 0 Å². The van der Waals surface area contributed by atoms with Gasteiger partial charge in [0.1, 0.15) is 0 Å². The fourth-order valence-corrected chi connectivity index (χ4v) is 4.86. The molecule has 0 spiro atoms. The third-order valence-electron chi connectivity index (χ3n) is 4.59. The molecule has 1 atom stereocenters. The average Bonchev–Trinajstić information content (AvgIpc) is 3.19. The number of ether oxygens (including phenoxy) is 2. The quantitative estimate of drug-likeness (QED) is 0.849. The Morgan fingerprint density at radius 3 is 2.48 bits per heavy atom. The molecule has 1 fully saturated rings. The molecule has 2 amide bonds. The highest BCUT2D eigenvalue weighted by atomic mass is 32.2. The van der Waals surface area contributed by atoms with Gasteiger partial charge in [-0.15, -0.1) is 0 Å². The van der Waals surface area contributed by atoms with Crippen molar-refractivity contribution in [1.82, 2.24) is 4.90 Å². The highest BCUT2D eigenvalue weighted by Crippen LogP contribution is 2.35. The second kappa shape index (κ2) is 7.87. The normalized spacial score (nSPS) is 16.8. The first-order valence-electron chi connectivity index (χ1n) is 8.53. The van der Waals surface area contributed by atoms with Gasteiger partial charge in [-0.1, -0.05) is 24.3 Å². The van der Waals surface area contributed by atoms with E-state index in [4.69, 9.17) is 9.47 Å². The fourth-order valence-electron chi connectivity index (χ4n) is 3.15. The molecule has 3 rings (SSSR count). The van der Waals surface area contributed by atoms with Crippen LogP contribution in [0.3, 0.4) is 0 Å². The van der Waals surface area contributed by atoms with E-state index in [1.54, 1.807) is 48.5 Å². The maximum absolute atomic E-state index is 12.7. The topological polar surface area (TPSA) is 84.9 Å². The van der Waals surface area contributed by atoms with Gasteiger partial charge in [-0.25, -0.2) is 13.2 Å². The molecule has 1 N–H and O–H groups in total. The molecule has 0 saturated carbocycles. The van der Waals surface area contributed by atoms with Crippen molar-refractivity contribution in [1.29, 1.82) is 0 Å². The number of amides is 2. The van der Waals surface area contributed by atoms with Crippen LogP contribution in [0.1, 0.15) is 6.42 Å². The van der Waals surface area contributed by atoms with E-state index in [-0.39, 0.29) is 17.5 Å². The number of sulfone groups is 1. The number of benzene rings is 2. The SMILES string of the molecule is COc1cccc(NC(=O)N2CCC(S(=O)(=O)c3ccccc3)C2)c1OC. The number of nitrogens with zero attached hydrogens (tertiary/aromatic N) is 1. The number of rotatable bonds is 5. The van der Waals surface area contributed by atoms with Crippen molar-refractivity contribution in [3.63, 3.8) is 0 Å². The number of anilines is 1. The average molecular weight is 390 g/mol. The summed E-state index contributed by atoms with van der Waals surface area (Å²) in [4.78, 5) is 14.4. The molecule has 0 bridgehead atoms. The number of nitrogens with one attached hydrogen (secondary N) is 1. The summed E-state index contributed by atoms with van der Waals surface area (Å²) in [6, 6.07) is 13.1. The number of methoxy groups -OCH3 is 2. The molecule has 1 aliphatic heterocycles. The number of likely N-dealkylation sites (tertiary alicyclic amines) is 1. The summed E-state index contributed by atoms with van der Waals surface area (Å²) in [6.45, 7) is 0.518. The van der Waals surface area contributed by atoms with Crippen molar-refractivity contribution in [3.05, 3.63) is 48.5 Å². The van der Waals surface area contributed by atoms with E-state index >= 15 is 0 Å². The first-order chi connectivity index (χ1) is 13.0. The molecule has 0 aromatic heterocycles. The highest BCUT2D eigenvalue weighted by Gasteiger charge is 2.36. The Kier molecular flexibility index (Phi) is 5.55. The Labute approximate surface area is 158 Å². The van der Waals surface area contributed by atoms with Crippen LogP contribution in [0.15, 0.2) is 53.4 Å². The van der Waals surface area contributed by atoms with Crippen LogP contribution in [0.4, 0.5) is 10.5 Å². The second-order valence-corrected chi connectivity index (χ2v) is 8.41. The lowest BCUT2D eigenvalue weighted by atomic mass is 10.2. The lowest BCUT2D eigenvalue weighted by Gasteiger charge is -2.19. The molecule has 144 valence electrons. The van der Waals surface area contributed by atoms with Crippen molar-refractivity contribution in [2.75, 3.05) is 32.6 Å². The molecule has 27 heavy (non-hydrogen) atoms. The predicted molar refractivity (Wildman–Crippen MR) is 102 cm³/mol. The molecule has 7 nitrogen and oxygen atoms in total. The Hall–Kier alpha value is -2.74. The first-order valence-corrected chi connectivity index (χ1v) is 10.1. The predicted octanol–water partition coefficient (Wildman–Crippen LogP) is 2.78. The van der Waals surface area contributed by atoms with Gasteiger partial charge >= 0.3 is 6.03 Å². The van der Waals surface area contributed by atoms with E-state index in [0.717, 1.165) is 0 Å². The van der Waals surface area contributed by atoms with E-state index in [2.05, 4.69) is 5.32 Å². The summed E-state index contributed by atoms with van der Waals surface area (Å²) in [5.74, 6) is 0.919. The Morgan fingerprint density at radius 1 is 1.07 bits per heavy atom. The summed E-state index contributed by atoms with van der Waals surface area (Å²) in [6.07, 6.45) is 0.403. The number of para-hydroxylation sites is 1. The van der Waals surface area contributed by atoms with Gasteiger partial charge in [-0.3, -0.25) is 0 Å². The van der Waals surface area contributed by atoms with E-state index in [0.29, 0.717) is 30.2 Å². The lowest BCUT2D eigenvalue weighted by Crippen LogP contribution is -2.35. The zero-order chi connectivity index (χ0) is 19.4. The van der Waals surface area contributed by atoms with Crippen LogP contribution in [0, 0.1) is 0 Å². The van der Waals surface area contributed by atoms with Gasteiger partial charge in [0.05, 0.1) is 30.1 Å². The van der Waals surface area contributed by atoms with E-state index in [1.165, 1.54) is 19.1 Å². The lowest BCUT2D eigenvalue weighted by molar-refractivity contribution is 0.222. The summed E-state index contributed by atoms with van der Waals surface area (Å²) < 4.78 is 36.0. The van der Waals surface area contributed by atoms with Crippen LogP contribution >= 0.6 is 0 Å². The molecular formula is C19H22N2O5S. The van der Waals surface area contributed by atoms with Crippen LogP contribution in [-0.2, 0) is 9.84 Å². The van der Waals surface area contributed by atoms with Crippen molar-refractivity contribution in [2.24, 2.45) is 0 Å². The monoisotopic (exact) mass is 390 g/mol. The molecule has 1 unspecified atom stereocenters. The van der Waals surface area contributed by atoms with Gasteiger partial charge in [-0.05, 0) is 30.7 Å². The first kappa shape index (κ1) is 19.0.